The Morgan fingerprint density at radius 2 is 1.96 bits per heavy atom. The van der Waals surface area contributed by atoms with Gasteiger partial charge in [0.25, 0.3) is 0 Å². The zero-order valence-electron chi connectivity index (χ0n) is 14.8. The van der Waals surface area contributed by atoms with Crippen molar-refractivity contribution in [1.29, 1.82) is 0 Å². The maximum absolute atomic E-state index is 12.8. The molecule has 136 valence electrons. The molecule has 1 N–H and O–H groups in total. The maximum Gasteiger partial charge on any atom is 0.226 e. The summed E-state index contributed by atoms with van der Waals surface area (Å²) in [6, 6.07) is 4.18. The van der Waals surface area contributed by atoms with Crippen LogP contribution in [0.4, 0.5) is 0 Å². The molecule has 3 atom stereocenters. The predicted octanol–water partition coefficient (Wildman–Crippen LogP) is 3.07. The molecule has 4 rings (SSSR count). The molecule has 0 aromatic carbocycles. The number of amides is 2. The molecule has 5 heteroatoms. The van der Waals surface area contributed by atoms with E-state index in [0.717, 1.165) is 44.4 Å². The van der Waals surface area contributed by atoms with E-state index < -0.39 is 0 Å². The highest BCUT2D eigenvalue weighted by atomic mass is 16.3. The summed E-state index contributed by atoms with van der Waals surface area (Å²) in [5.41, 5.74) is 0. The van der Waals surface area contributed by atoms with E-state index in [0.29, 0.717) is 12.6 Å². The fraction of sp³-hybridized carbons (Fsp3) is 0.700. The molecule has 2 saturated carbocycles. The van der Waals surface area contributed by atoms with Crippen molar-refractivity contribution in [3.8, 4) is 0 Å². The average Bonchev–Trinajstić information content (AvgIpc) is 3.26. The van der Waals surface area contributed by atoms with Crippen molar-refractivity contribution >= 4 is 11.8 Å². The third-order valence-electron chi connectivity index (χ3n) is 6.07. The number of rotatable bonds is 4. The number of likely N-dealkylation sites (tertiary alicyclic amines) is 1. The maximum atomic E-state index is 12.8. The number of nitrogens with one attached hydrogen (secondary N) is 1. The second kappa shape index (κ2) is 7.22. The molecular weight excluding hydrogens is 316 g/mol. The average molecular weight is 344 g/mol. The fourth-order valence-corrected chi connectivity index (χ4v) is 4.48. The Morgan fingerprint density at radius 1 is 1.12 bits per heavy atom. The van der Waals surface area contributed by atoms with Crippen LogP contribution in [0.15, 0.2) is 22.8 Å². The van der Waals surface area contributed by atoms with Gasteiger partial charge in [-0.3, -0.25) is 9.59 Å². The van der Waals surface area contributed by atoms with Gasteiger partial charge in [0.1, 0.15) is 5.76 Å². The van der Waals surface area contributed by atoms with Gasteiger partial charge in [-0.25, -0.2) is 0 Å². The van der Waals surface area contributed by atoms with Gasteiger partial charge >= 0.3 is 0 Å². The summed E-state index contributed by atoms with van der Waals surface area (Å²) in [6.07, 6.45) is 10.3. The summed E-state index contributed by atoms with van der Waals surface area (Å²) >= 11 is 0. The van der Waals surface area contributed by atoms with Gasteiger partial charge < -0.3 is 14.6 Å². The Kier molecular flexibility index (Phi) is 4.82. The first-order chi connectivity index (χ1) is 12.2. The van der Waals surface area contributed by atoms with Crippen molar-refractivity contribution in [2.75, 3.05) is 13.1 Å². The first-order valence-electron chi connectivity index (χ1n) is 9.85. The number of carbonyl (C=O) groups is 2. The Labute approximate surface area is 149 Å². The van der Waals surface area contributed by atoms with Crippen molar-refractivity contribution in [3.05, 3.63) is 24.2 Å². The highest BCUT2D eigenvalue weighted by Gasteiger charge is 2.48. The molecule has 1 saturated heterocycles. The van der Waals surface area contributed by atoms with Crippen LogP contribution in [0.25, 0.3) is 0 Å². The molecule has 0 radical (unpaired) electrons. The van der Waals surface area contributed by atoms with E-state index in [2.05, 4.69) is 5.32 Å². The van der Waals surface area contributed by atoms with Crippen LogP contribution in [-0.2, 0) is 9.59 Å². The standard InChI is InChI=1S/C20H28N2O3/c23-19(21-15-7-2-1-3-8-15)14-6-4-10-22(13-14)20(24)17-12-16(17)18-9-5-11-25-18/h5,9,11,14-17H,1-4,6-8,10,12-13H2,(H,21,23)/t14-,16+,17+/m1/s1. The second-order valence-corrected chi connectivity index (χ2v) is 7.93. The van der Waals surface area contributed by atoms with Gasteiger partial charge in [-0.15, -0.1) is 0 Å². The van der Waals surface area contributed by atoms with E-state index in [1.807, 2.05) is 17.0 Å². The molecule has 0 bridgehead atoms. The van der Waals surface area contributed by atoms with Gasteiger partial charge in [0.2, 0.25) is 11.8 Å². The number of furan rings is 1. The second-order valence-electron chi connectivity index (χ2n) is 7.93. The molecule has 1 aromatic rings. The quantitative estimate of drug-likeness (QED) is 0.913. The summed E-state index contributed by atoms with van der Waals surface area (Å²) in [7, 11) is 0. The largest absolute Gasteiger partial charge is 0.469 e. The van der Waals surface area contributed by atoms with Crippen molar-refractivity contribution < 1.29 is 14.0 Å². The molecule has 3 fully saturated rings. The SMILES string of the molecule is O=C(NC1CCCCC1)[C@@H]1CCCN(C(=O)[C@H]2C[C@@H]2c2ccco2)C1. The summed E-state index contributed by atoms with van der Waals surface area (Å²) in [6.45, 7) is 1.37. The van der Waals surface area contributed by atoms with Crippen LogP contribution in [0.2, 0.25) is 0 Å². The molecule has 2 heterocycles. The molecule has 1 aromatic heterocycles. The third kappa shape index (κ3) is 3.75. The molecule has 2 aliphatic carbocycles. The summed E-state index contributed by atoms with van der Waals surface area (Å²) in [4.78, 5) is 27.3. The first kappa shape index (κ1) is 16.7. The van der Waals surface area contributed by atoms with E-state index in [9.17, 15) is 9.59 Å². The molecule has 0 spiro atoms. The number of piperidine rings is 1. The Morgan fingerprint density at radius 3 is 2.72 bits per heavy atom. The molecule has 1 aliphatic heterocycles. The minimum atomic E-state index is -0.0413. The summed E-state index contributed by atoms with van der Waals surface area (Å²) in [5, 5.41) is 3.23. The van der Waals surface area contributed by atoms with Gasteiger partial charge in [-0.05, 0) is 44.2 Å². The van der Waals surface area contributed by atoms with Crippen LogP contribution in [0, 0.1) is 11.8 Å². The topological polar surface area (TPSA) is 62.6 Å². The lowest BCUT2D eigenvalue weighted by Crippen LogP contribution is -2.48. The van der Waals surface area contributed by atoms with E-state index in [4.69, 9.17) is 4.42 Å². The van der Waals surface area contributed by atoms with Gasteiger partial charge in [0.15, 0.2) is 0 Å². The Bertz CT molecular complexity index is 606. The molecular formula is C20H28N2O3. The minimum Gasteiger partial charge on any atom is -0.469 e. The van der Waals surface area contributed by atoms with Crippen LogP contribution < -0.4 is 5.32 Å². The van der Waals surface area contributed by atoms with Crippen molar-refractivity contribution in [1.82, 2.24) is 10.2 Å². The third-order valence-corrected chi connectivity index (χ3v) is 6.07. The molecule has 2 amide bonds. The summed E-state index contributed by atoms with van der Waals surface area (Å²) < 4.78 is 5.43. The molecule has 5 nitrogen and oxygen atoms in total. The Balaban J connectivity index is 1.30. The van der Waals surface area contributed by atoms with Gasteiger partial charge in [-0.1, -0.05) is 19.3 Å². The summed E-state index contributed by atoms with van der Waals surface area (Å²) in [5.74, 6) is 1.52. The highest BCUT2D eigenvalue weighted by Crippen LogP contribution is 2.48. The highest BCUT2D eigenvalue weighted by molar-refractivity contribution is 5.84. The fourth-order valence-electron chi connectivity index (χ4n) is 4.48. The van der Waals surface area contributed by atoms with Crippen LogP contribution in [0.1, 0.15) is 63.0 Å². The van der Waals surface area contributed by atoms with Gasteiger partial charge in [0, 0.05) is 31.0 Å². The molecule has 0 unspecified atom stereocenters. The number of nitrogens with zero attached hydrogens (tertiary/aromatic N) is 1. The van der Waals surface area contributed by atoms with Crippen molar-refractivity contribution in [2.45, 2.75) is 63.3 Å². The van der Waals surface area contributed by atoms with Crippen LogP contribution in [0.5, 0.6) is 0 Å². The number of hydrogen-bond acceptors (Lipinski definition) is 3. The van der Waals surface area contributed by atoms with Gasteiger partial charge in [-0.2, -0.15) is 0 Å². The zero-order chi connectivity index (χ0) is 17.2. The normalized spacial score (nSPS) is 30.1. The lowest BCUT2D eigenvalue weighted by atomic mass is 9.93. The van der Waals surface area contributed by atoms with Crippen LogP contribution >= 0.6 is 0 Å². The van der Waals surface area contributed by atoms with Gasteiger partial charge in [0.05, 0.1) is 12.2 Å². The smallest absolute Gasteiger partial charge is 0.226 e. The van der Waals surface area contributed by atoms with E-state index >= 15 is 0 Å². The predicted molar refractivity (Wildman–Crippen MR) is 93.9 cm³/mol. The molecule has 25 heavy (non-hydrogen) atoms. The molecule has 3 aliphatic rings. The van der Waals surface area contributed by atoms with Crippen molar-refractivity contribution in [3.63, 3.8) is 0 Å². The lowest BCUT2D eigenvalue weighted by Gasteiger charge is -2.33. The van der Waals surface area contributed by atoms with Crippen molar-refractivity contribution in [2.24, 2.45) is 11.8 Å². The monoisotopic (exact) mass is 344 g/mol. The first-order valence-corrected chi connectivity index (χ1v) is 9.85. The van der Waals surface area contributed by atoms with E-state index in [-0.39, 0.29) is 29.6 Å². The van der Waals surface area contributed by atoms with E-state index in [1.54, 1.807) is 6.26 Å². The van der Waals surface area contributed by atoms with Crippen LogP contribution in [-0.4, -0.2) is 35.8 Å². The Hall–Kier alpha value is -1.78. The van der Waals surface area contributed by atoms with Crippen LogP contribution in [0.3, 0.4) is 0 Å². The zero-order valence-corrected chi connectivity index (χ0v) is 14.8. The number of carbonyl (C=O) groups excluding carboxylic acids is 2. The lowest BCUT2D eigenvalue weighted by molar-refractivity contribution is -0.137. The minimum absolute atomic E-state index is 0.0413. The number of hydrogen-bond donors (Lipinski definition) is 1. The van der Waals surface area contributed by atoms with E-state index in [1.165, 1.54) is 19.3 Å².